The molecular formula is C12H26N2O. The average molecular weight is 214 g/mol. The molecule has 3 heteroatoms. The van der Waals surface area contributed by atoms with Crippen LogP contribution in [0.25, 0.3) is 0 Å². The van der Waals surface area contributed by atoms with Crippen LogP contribution >= 0.6 is 0 Å². The van der Waals surface area contributed by atoms with Crippen LogP contribution in [-0.4, -0.2) is 38.4 Å². The van der Waals surface area contributed by atoms with Crippen molar-refractivity contribution in [2.24, 2.45) is 5.92 Å². The van der Waals surface area contributed by atoms with E-state index < -0.39 is 0 Å². The molecule has 1 heterocycles. The van der Waals surface area contributed by atoms with Crippen LogP contribution in [0.2, 0.25) is 0 Å². The topological polar surface area (TPSA) is 33.3 Å². The number of hydrogen-bond donors (Lipinski definition) is 2. The van der Waals surface area contributed by atoms with Crippen LogP contribution in [0.3, 0.4) is 0 Å². The van der Waals surface area contributed by atoms with Gasteiger partial charge in [0.1, 0.15) is 0 Å². The van der Waals surface area contributed by atoms with E-state index in [1.165, 1.54) is 12.8 Å². The lowest BCUT2D eigenvalue weighted by Crippen LogP contribution is -2.30. The van der Waals surface area contributed by atoms with Gasteiger partial charge in [0, 0.05) is 19.2 Å². The normalized spacial score (nSPS) is 26.4. The SMILES string of the molecule is CC(C)NCCCNCC1CCOC1C. The first-order valence-corrected chi connectivity index (χ1v) is 6.26. The van der Waals surface area contributed by atoms with Gasteiger partial charge in [-0.25, -0.2) is 0 Å². The molecule has 0 aromatic carbocycles. The molecule has 1 aliphatic heterocycles. The van der Waals surface area contributed by atoms with Crippen molar-refractivity contribution in [3.63, 3.8) is 0 Å². The Balaban J connectivity index is 1.88. The zero-order valence-electron chi connectivity index (χ0n) is 10.4. The molecule has 3 nitrogen and oxygen atoms in total. The molecule has 2 N–H and O–H groups in total. The lowest BCUT2D eigenvalue weighted by molar-refractivity contribution is 0.105. The van der Waals surface area contributed by atoms with Crippen molar-refractivity contribution in [1.29, 1.82) is 0 Å². The van der Waals surface area contributed by atoms with Crippen molar-refractivity contribution in [2.45, 2.75) is 45.8 Å². The minimum Gasteiger partial charge on any atom is -0.378 e. The van der Waals surface area contributed by atoms with E-state index in [1.54, 1.807) is 0 Å². The molecule has 0 bridgehead atoms. The fourth-order valence-corrected chi connectivity index (χ4v) is 1.94. The standard InChI is InChI=1S/C12H26N2O/c1-10(2)14-7-4-6-13-9-12-5-8-15-11(12)3/h10-14H,4-9H2,1-3H3. The Hall–Kier alpha value is -0.120. The van der Waals surface area contributed by atoms with Gasteiger partial charge in [-0.3, -0.25) is 0 Å². The van der Waals surface area contributed by atoms with Gasteiger partial charge in [-0.15, -0.1) is 0 Å². The maximum Gasteiger partial charge on any atom is 0.0588 e. The second-order valence-corrected chi connectivity index (χ2v) is 4.79. The third-order valence-corrected chi connectivity index (χ3v) is 3.02. The summed E-state index contributed by atoms with van der Waals surface area (Å²) in [6.07, 6.45) is 2.88. The minimum absolute atomic E-state index is 0.450. The van der Waals surface area contributed by atoms with E-state index in [1.807, 2.05) is 0 Å². The van der Waals surface area contributed by atoms with Crippen molar-refractivity contribution < 1.29 is 4.74 Å². The van der Waals surface area contributed by atoms with Crippen LogP contribution in [0.15, 0.2) is 0 Å². The Morgan fingerprint density at radius 3 is 2.73 bits per heavy atom. The molecule has 0 aromatic heterocycles. The molecule has 0 amide bonds. The molecule has 0 spiro atoms. The van der Waals surface area contributed by atoms with Gasteiger partial charge in [0.05, 0.1) is 6.10 Å². The molecule has 1 saturated heterocycles. The van der Waals surface area contributed by atoms with Crippen LogP contribution in [0.1, 0.15) is 33.6 Å². The Morgan fingerprint density at radius 2 is 2.13 bits per heavy atom. The first kappa shape index (κ1) is 12.9. The van der Waals surface area contributed by atoms with Gasteiger partial charge >= 0.3 is 0 Å². The highest BCUT2D eigenvalue weighted by molar-refractivity contribution is 4.74. The summed E-state index contributed by atoms with van der Waals surface area (Å²) in [5.41, 5.74) is 0. The first-order chi connectivity index (χ1) is 7.20. The molecule has 0 saturated carbocycles. The van der Waals surface area contributed by atoms with E-state index >= 15 is 0 Å². The first-order valence-electron chi connectivity index (χ1n) is 6.26. The molecule has 15 heavy (non-hydrogen) atoms. The van der Waals surface area contributed by atoms with E-state index in [0.717, 1.165) is 32.2 Å². The summed E-state index contributed by atoms with van der Waals surface area (Å²) >= 11 is 0. The fourth-order valence-electron chi connectivity index (χ4n) is 1.94. The zero-order chi connectivity index (χ0) is 11.1. The smallest absolute Gasteiger partial charge is 0.0588 e. The summed E-state index contributed by atoms with van der Waals surface area (Å²) in [7, 11) is 0. The third-order valence-electron chi connectivity index (χ3n) is 3.02. The van der Waals surface area contributed by atoms with Crippen molar-refractivity contribution >= 4 is 0 Å². The van der Waals surface area contributed by atoms with Gasteiger partial charge in [-0.05, 0) is 38.8 Å². The van der Waals surface area contributed by atoms with Gasteiger partial charge in [-0.2, -0.15) is 0 Å². The van der Waals surface area contributed by atoms with E-state index in [-0.39, 0.29) is 0 Å². The molecular weight excluding hydrogens is 188 g/mol. The number of hydrogen-bond acceptors (Lipinski definition) is 3. The van der Waals surface area contributed by atoms with E-state index in [9.17, 15) is 0 Å². The second kappa shape index (κ2) is 7.20. The molecule has 2 unspecified atom stereocenters. The lowest BCUT2D eigenvalue weighted by Gasteiger charge is -2.15. The maximum absolute atomic E-state index is 5.52. The predicted molar refractivity (Wildman–Crippen MR) is 64.1 cm³/mol. The Labute approximate surface area is 94.0 Å². The number of nitrogens with one attached hydrogen (secondary N) is 2. The van der Waals surface area contributed by atoms with Gasteiger partial charge < -0.3 is 15.4 Å². The fraction of sp³-hybridized carbons (Fsp3) is 1.00. The summed E-state index contributed by atoms with van der Waals surface area (Å²) in [6, 6.07) is 0.605. The highest BCUT2D eigenvalue weighted by atomic mass is 16.5. The zero-order valence-corrected chi connectivity index (χ0v) is 10.4. The average Bonchev–Trinajstić information content (AvgIpc) is 2.57. The largest absolute Gasteiger partial charge is 0.378 e. The predicted octanol–water partition coefficient (Wildman–Crippen LogP) is 1.39. The highest BCUT2D eigenvalue weighted by Crippen LogP contribution is 2.18. The molecule has 2 atom stereocenters. The highest BCUT2D eigenvalue weighted by Gasteiger charge is 2.23. The van der Waals surface area contributed by atoms with Crippen molar-refractivity contribution in [3.8, 4) is 0 Å². The van der Waals surface area contributed by atoms with Gasteiger partial charge in [0.2, 0.25) is 0 Å². The van der Waals surface area contributed by atoms with Crippen LogP contribution < -0.4 is 10.6 Å². The molecule has 90 valence electrons. The summed E-state index contributed by atoms with van der Waals surface area (Å²) in [6.45, 7) is 10.8. The molecule has 1 rings (SSSR count). The summed E-state index contributed by atoms with van der Waals surface area (Å²) < 4.78 is 5.52. The molecule has 0 aromatic rings. The Kier molecular flexibility index (Phi) is 6.22. The minimum atomic E-state index is 0.450. The second-order valence-electron chi connectivity index (χ2n) is 4.79. The molecule has 1 fully saturated rings. The maximum atomic E-state index is 5.52. The van der Waals surface area contributed by atoms with Crippen molar-refractivity contribution in [2.75, 3.05) is 26.2 Å². The van der Waals surface area contributed by atoms with Crippen molar-refractivity contribution in [1.82, 2.24) is 10.6 Å². The van der Waals surface area contributed by atoms with Crippen LogP contribution in [0, 0.1) is 5.92 Å². The van der Waals surface area contributed by atoms with Crippen LogP contribution in [-0.2, 0) is 4.74 Å². The molecule has 0 radical (unpaired) electrons. The number of ether oxygens (including phenoxy) is 1. The molecule has 0 aliphatic carbocycles. The third kappa shape index (κ3) is 5.50. The van der Waals surface area contributed by atoms with Gasteiger partial charge in [-0.1, -0.05) is 13.8 Å². The van der Waals surface area contributed by atoms with Gasteiger partial charge in [0.25, 0.3) is 0 Å². The quantitative estimate of drug-likeness (QED) is 0.628. The Bertz CT molecular complexity index is 162. The monoisotopic (exact) mass is 214 g/mol. The van der Waals surface area contributed by atoms with Gasteiger partial charge in [0.15, 0.2) is 0 Å². The van der Waals surface area contributed by atoms with E-state index in [0.29, 0.717) is 12.1 Å². The van der Waals surface area contributed by atoms with E-state index in [4.69, 9.17) is 4.74 Å². The van der Waals surface area contributed by atoms with Crippen LogP contribution in [0.5, 0.6) is 0 Å². The molecule has 1 aliphatic rings. The van der Waals surface area contributed by atoms with Crippen molar-refractivity contribution in [3.05, 3.63) is 0 Å². The lowest BCUT2D eigenvalue weighted by atomic mass is 10.0. The summed E-state index contributed by atoms with van der Waals surface area (Å²) in [4.78, 5) is 0. The summed E-state index contributed by atoms with van der Waals surface area (Å²) in [5, 5.41) is 6.93. The Morgan fingerprint density at radius 1 is 1.33 bits per heavy atom. The van der Waals surface area contributed by atoms with Crippen LogP contribution in [0.4, 0.5) is 0 Å². The number of rotatable bonds is 7. The summed E-state index contributed by atoms with van der Waals surface area (Å²) in [5.74, 6) is 0.725. The van der Waals surface area contributed by atoms with E-state index in [2.05, 4.69) is 31.4 Å².